The summed E-state index contributed by atoms with van der Waals surface area (Å²) in [6.07, 6.45) is 0.648. The first kappa shape index (κ1) is 17.0. The van der Waals surface area contributed by atoms with Gasteiger partial charge in [-0.2, -0.15) is 0 Å². The van der Waals surface area contributed by atoms with Gasteiger partial charge in [0, 0.05) is 32.7 Å². The van der Waals surface area contributed by atoms with Crippen molar-refractivity contribution in [3.05, 3.63) is 0 Å². The van der Waals surface area contributed by atoms with E-state index in [1.165, 1.54) is 0 Å². The van der Waals surface area contributed by atoms with Gasteiger partial charge in [0.25, 0.3) is 0 Å². The Morgan fingerprint density at radius 3 is 2.11 bits per heavy atom. The fourth-order valence-corrected chi connectivity index (χ4v) is 1.80. The summed E-state index contributed by atoms with van der Waals surface area (Å²) < 4.78 is 0. The minimum atomic E-state index is -0.411. The van der Waals surface area contributed by atoms with E-state index in [4.69, 9.17) is 5.73 Å². The molecule has 1 atom stereocenters. The number of carbonyl (C=O) groups excluding carboxylic acids is 2. The van der Waals surface area contributed by atoms with E-state index in [0.29, 0.717) is 39.1 Å². The molecule has 1 aliphatic rings. The van der Waals surface area contributed by atoms with Crippen LogP contribution >= 0.6 is 12.4 Å². The highest BCUT2D eigenvalue weighted by molar-refractivity contribution is 5.85. The zero-order valence-corrected chi connectivity index (χ0v) is 11.8. The van der Waals surface area contributed by atoms with Crippen molar-refractivity contribution in [1.29, 1.82) is 0 Å². The van der Waals surface area contributed by atoms with Gasteiger partial charge in [-0.3, -0.25) is 4.79 Å². The maximum atomic E-state index is 11.8. The summed E-state index contributed by atoms with van der Waals surface area (Å²) in [5, 5.41) is 2.75. The Morgan fingerprint density at radius 2 is 1.67 bits per heavy atom. The van der Waals surface area contributed by atoms with Crippen LogP contribution in [0.4, 0.5) is 4.79 Å². The third-order valence-electron chi connectivity index (χ3n) is 2.96. The highest BCUT2D eigenvalue weighted by atomic mass is 35.5. The van der Waals surface area contributed by atoms with Gasteiger partial charge in [0.05, 0.1) is 6.04 Å². The van der Waals surface area contributed by atoms with E-state index < -0.39 is 6.04 Å². The van der Waals surface area contributed by atoms with E-state index in [1.807, 2.05) is 13.8 Å². The summed E-state index contributed by atoms with van der Waals surface area (Å²) in [6.45, 7) is 6.71. The van der Waals surface area contributed by atoms with Crippen molar-refractivity contribution in [1.82, 2.24) is 15.1 Å². The minimum Gasteiger partial charge on any atom is -0.338 e. The van der Waals surface area contributed by atoms with E-state index in [1.54, 1.807) is 9.80 Å². The third-order valence-corrected chi connectivity index (χ3v) is 2.96. The zero-order chi connectivity index (χ0) is 12.8. The Kier molecular flexibility index (Phi) is 7.70. The van der Waals surface area contributed by atoms with Gasteiger partial charge in [-0.1, -0.05) is 6.92 Å². The molecule has 0 saturated carbocycles. The number of piperazine rings is 1. The Balaban J connectivity index is 0.00000289. The molecule has 0 aromatic rings. The first-order chi connectivity index (χ1) is 8.10. The number of hydrogen-bond acceptors (Lipinski definition) is 3. The number of urea groups is 1. The van der Waals surface area contributed by atoms with Crippen molar-refractivity contribution in [2.45, 2.75) is 26.3 Å². The predicted molar refractivity (Wildman–Crippen MR) is 72.7 cm³/mol. The number of amides is 3. The third kappa shape index (κ3) is 4.34. The van der Waals surface area contributed by atoms with Crippen LogP contribution in [0.1, 0.15) is 20.3 Å². The second-order valence-corrected chi connectivity index (χ2v) is 4.16. The fourth-order valence-electron chi connectivity index (χ4n) is 1.80. The van der Waals surface area contributed by atoms with E-state index in [2.05, 4.69) is 5.32 Å². The van der Waals surface area contributed by atoms with E-state index in [9.17, 15) is 9.59 Å². The molecular formula is C11H23ClN4O2. The van der Waals surface area contributed by atoms with Crippen LogP contribution in [0.3, 0.4) is 0 Å². The zero-order valence-electron chi connectivity index (χ0n) is 11.0. The lowest BCUT2D eigenvalue weighted by Gasteiger charge is -2.35. The summed E-state index contributed by atoms with van der Waals surface area (Å²) in [6, 6.07) is -0.467. The molecule has 1 heterocycles. The molecule has 0 unspecified atom stereocenters. The van der Waals surface area contributed by atoms with Crippen LogP contribution in [0.2, 0.25) is 0 Å². The van der Waals surface area contributed by atoms with Gasteiger partial charge in [-0.05, 0) is 13.3 Å². The summed E-state index contributed by atoms with van der Waals surface area (Å²) in [5.41, 5.74) is 5.71. The van der Waals surface area contributed by atoms with Crippen molar-refractivity contribution in [3.63, 3.8) is 0 Å². The molecule has 0 bridgehead atoms. The molecule has 0 aromatic heterocycles. The summed E-state index contributed by atoms with van der Waals surface area (Å²) in [4.78, 5) is 26.8. The molecule has 0 aromatic carbocycles. The molecule has 106 valence electrons. The van der Waals surface area contributed by atoms with E-state index in [-0.39, 0.29) is 24.3 Å². The maximum absolute atomic E-state index is 11.8. The van der Waals surface area contributed by atoms with Crippen LogP contribution in [0.5, 0.6) is 0 Å². The summed E-state index contributed by atoms with van der Waals surface area (Å²) in [5.74, 6) is -0.0111. The standard InChI is InChI=1S/C11H22N4O2.ClH/c1-3-9(12)10(16)14-5-7-15(8-6-14)11(17)13-4-2;/h9H,3-8,12H2,1-2H3,(H,13,17);1H/t9-;/m0./s1. The van der Waals surface area contributed by atoms with Gasteiger partial charge in [0.2, 0.25) is 5.91 Å². The van der Waals surface area contributed by atoms with Crippen molar-refractivity contribution < 1.29 is 9.59 Å². The second kappa shape index (κ2) is 8.16. The van der Waals surface area contributed by atoms with Crippen molar-refractivity contribution >= 4 is 24.3 Å². The van der Waals surface area contributed by atoms with Gasteiger partial charge in [-0.15, -0.1) is 12.4 Å². The summed E-state index contributed by atoms with van der Waals surface area (Å²) >= 11 is 0. The monoisotopic (exact) mass is 278 g/mol. The quantitative estimate of drug-likeness (QED) is 0.764. The molecule has 1 fully saturated rings. The molecule has 0 aliphatic carbocycles. The van der Waals surface area contributed by atoms with Crippen LogP contribution in [-0.2, 0) is 4.79 Å². The number of carbonyl (C=O) groups is 2. The van der Waals surface area contributed by atoms with Crippen molar-refractivity contribution in [3.8, 4) is 0 Å². The normalized spacial score (nSPS) is 16.8. The number of rotatable bonds is 3. The lowest BCUT2D eigenvalue weighted by Crippen LogP contribution is -2.55. The number of nitrogens with two attached hydrogens (primary N) is 1. The Hall–Kier alpha value is -1.01. The lowest BCUT2D eigenvalue weighted by atomic mass is 10.2. The van der Waals surface area contributed by atoms with Gasteiger partial charge >= 0.3 is 6.03 Å². The van der Waals surface area contributed by atoms with Crippen molar-refractivity contribution in [2.24, 2.45) is 5.73 Å². The second-order valence-electron chi connectivity index (χ2n) is 4.16. The van der Waals surface area contributed by atoms with Gasteiger partial charge in [-0.25, -0.2) is 4.79 Å². The maximum Gasteiger partial charge on any atom is 0.317 e. The highest BCUT2D eigenvalue weighted by Crippen LogP contribution is 2.04. The lowest BCUT2D eigenvalue weighted by molar-refractivity contribution is -0.134. The Labute approximate surface area is 114 Å². The van der Waals surface area contributed by atoms with Crippen molar-refractivity contribution in [2.75, 3.05) is 32.7 Å². The SMILES string of the molecule is CCNC(=O)N1CCN(C(=O)[C@@H](N)CC)CC1.Cl. The summed E-state index contributed by atoms with van der Waals surface area (Å²) in [7, 11) is 0. The molecule has 6 nitrogen and oxygen atoms in total. The molecule has 0 radical (unpaired) electrons. The van der Waals surface area contributed by atoms with Crippen LogP contribution < -0.4 is 11.1 Å². The van der Waals surface area contributed by atoms with E-state index in [0.717, 1.165) is 0 Å². The first-order valence-corrected chi connectivity index (χ1v) is 6.17. The number of hydrogen-bond donors (Lipinski definition) is 2. The average Bonchev–Trinajstić information content (AvgIpc) is 2.37. The molecule has 3 N–H and O–H groups in total. The molecule has 1 saturated heterocycles. The van der Waals surface area contributed by atoms with Gasteiger partial charge in [0.15, 0.2) is 0 Å². The van der Waals surface area contributed by atoms with Crippen LogP contribution in [0, 0.1) is 0 Å². The highest BCUT2D eigenvalue weighted by Gasteiger charge is 2.25. The topological polar surface area (TPSA) is 78.7 Å². The van der Waals surface area contributed by atoms with Crippen LogP contribution in [-0.4, -0.2) is 60.5 Å². The Bertz CT molecular complexity index is 280. The number of nitrogens with zero attached hydrogens (tertiary/aromatic N) is 2. The van der Waals surface area contributed by atoms with Gasteiger partial charge in [0.1, 0.15) is 0 Å². The number of nitrogens with one attached hydrogen (secondary N) is 1. The fraction of sp³-hybridized carbons (Fsp3) is 0.818. The molecule has 1 rings (SSSR count). The van der Waals surface area contributed by atoms with E-state index >= 15 is 0 Å². The Morgan fingerprint density at radius 1 is 1.17 bits per heavy atom. The van der Waals surface area contributed by atoms with Crippen LogP contribution in [0.25, 0.3) is 0 Å². The largest absolute Gasteiger partial charge is 0.338 e. The average molecular weight is 279 g/mol. The predicted octanol–water partition coefficient (Wildman–Crippen LogP) is 0.0192. The molecule has 1 aliphatic heterocycles. The van der Waals surface area contributed by atoms with Crippen LogP contribution in [0.15, 0.2) is 0 Å². The number of halogens is 1. The minimum absolute atomic E-state index is 0. The molecule has 7 heteroatoms. The van der Waals surface area contributed by atoms with Gasteiger partial charge < -0.3 is 20.9 Å². The molecule has 18 heavy (non-hydrogen) atoms. The molecule has 3 amide bonds. The first-order valence-electron chi connectivity index (χ1n) is 6.17. The smallest absolute Gasteiger partial charge is 0.317 e. The molecule has 0 spiro atoms. The molecular weight excluding hydrogens is 256 g/mol.